The first kappa shape index (κ1) is 14.1. The van der Waals surface area contributed by atoms with Gasteiger partial charge in [-0.25, -0.2) is 0 Å². The van der Waals surface area contributed by atoms with E-state index < -0.39 is 5.78 Å². The van der Waals surface area contributed by atoms with E-state index in [-0.39, 0.29) is 22.8 Å². The molecule has 1 aliphatic heterocycles. The van der Waals surface area contributed by atoms with Crippen molar-refractivity contribution >= 4 is 23.2 Å². The Bertz CT molecular complexity index is 762. The third-order valence-corrected chi connectivity index (χ3v) is 3.35. The molecule has 6 heteroatoms. The van der Waals surface area contributed by atoms with Crippen LogP contribution in [0.15, 0.2) is 64.5 Å². The van der Waals surface area contributed by atoms with E-state index in [1.54, 1.807) is 24.3 Å². The first-order valence-electron chi connectivity index (χ1n) is 6.60. The highest BCUT2D eigenvalue weighted by Gasteiger charge is 2.22. The zero-order valence-corrected chi connectivity index (χ0v) is 11.7. The lowest BCUT2D eigenvalue weighted by Crippen LogP contribution is -2.32. The fourth-order valence-electron chi connectivity index (χ4n) is 2.25. The predicted molar refractivity (Wildman–Crippen MR) is 83.6 cm³/mol. The van der Waals surface area contributed by atoms with Gasteiger partial charge in [0.25, 0.3) is 0 Å². The highest BCUT2D eigenvalue weighted by molar-refractivity contribution is 6.11. The Balaban J connectivity index is 1.96. The minimum atomic E-state index is -0.556. The molecule has 1 aliphatic rings. The van der Waals surface area contributed by atoms with Crippen molar-refractivity contribution in [3.63, 3.8) is 0 Å². The zero-order chi connectivity index (χ0) is 15.7. The van der Waals surface area contributed by atoms with Crippen LogP contribution in [0.3, 0.4) is 0 Å². The second-order valence-corrected chi connectivity index (χ2v) is 4.72. The van der Waals surface area contributed by atoms with Crippen LogP contribution in [0.25, 0.3) is 6.08 Å². The summed E-state index contributed by atoms with van der Waals surface area (Å²) in [4.78, 5) is 12.3. The predicted octanol–water partition coefficient (Wildman–Crippen LogP) is 3.42. The lowest BCUT2D eigenvalue weighted by molar-refractivity contribution is -0.111. The van der Waals surface area contributed by atoms with Gasteiger partial charge in [0.05, 0.1) is 23.3 Å². The number of para-hydroxylation sites is 2. The Morgan fingerprint density at radius 1 is 1.09 bits per heavy atom. The number of allylic oxidation sites excluding steroid dienone is 2. The highest BCUT2D eigenvalue weighted by Crippen LogP contribution is 2.38. The summed E-state index contributed by atoms with van der Waals surface area (Å²) in [5.74, 6) is -0.0708. The van der Waals surface area contributed by atoms with Gasteiger partial charge in [0.2, 0.25) is 5.78 Å². The molecule has 2 heterocycles. The summed E-state index contributed by atoms with van der Waals surface area (Å²) in [6.07, 6.45) is 4.14. The molecule has 0 saturated carbocycles. The van der Waals surface area contributed by atoms with Crippen molar-refractivity contribution in [2.24, 2.45) is 0 Å². The number of hydrogen-bond acceptors (Lipinski definition) is 6. The van der Waals surface area contributed by atoms with Crippen LogP contribution in [0.1, 0.15) is 12.7 Å². The molecule has 1 aromatic carbocycles. The number of anilines is 2. The van der Waals surface area contributed by atoms with Crippen LogP contribution in [0, 0.1) is 10.4 Å². The molecule has 1 aromatic heterocycles. The van der Waals surface area contributed by atoms with E-state index in [2.05, 4.69) is 0 Å². The van der Waals surface area contributed by atoms with Crippen molar-refractivity contribution < 1.29 is 9.21 Å². The number of nitrogens with zero attached hydrogens (tertiary/aromatic N) is 2. The topological polar surface area (TPSA) is 82.8 Å². The number of furan rings is 1. The van der Waals surface area contributed by atoms with E-state index in [1.165, 1.54) is 37.5 Å². The molecular formula is C16H12N2O4-2. The van der Waals surface area contributed by atoms with Crippen molar-refractivity contribution in [3.8, 4) is 0 Å². The van der Waals surface area contributed by atoms with Crippen molar-refractivity contribution in [2.45, 2.75) is 6.92 Å². The highest BCUT2D eigenvalue weighted by atomic mass is 16.5. The van der Waals surface area contributed by atoms with E-state index in [9.17, 15) is 15.2 Å². The first-order valence-corrected chi connectivity index (χ1v) is 6.60. The maximum absolute atomic E-state index is 12.4. The second kappa shape index (κ2) is 5.51. The van der Waals surface area contributed by atoms with Gasteiger partial charge < -0.3 is 25.0 Å². The molecule has 0 bridgehead atoms. The SMILES string of the molecule is CC1=C(C(=O)/C=C/c2ccco2)N([O-])c2ccccc2N1[O-]. The minimum absolute atomic E-state index is 0.0581. The Hall–Kier alpha value is -2.83. The van der Waals surface area contributed by atoms with E-state index in [4.69, 9.17) is 4.42 Å². The van der Waals surface area contributed by atoms with Crippen molar-refractivity contribution in [1.82, 2.24) is 0 Å². The van der Waals surface area contributed by atoms with Gasteiger partial charge in [-0.3, -0.25) is 4.79 Å². The lowest BCUT2D eigenvalue weighted by atomic mass is 10.1. The summed E-state index contributed by atoms with van der Waals surface area (Å²) in [7, 11) is 0. The number of rotatable bonds is 3. The Morgan fingerprint density at radius 2 is 1.77 bits per heavy atom. The number of carbonyl (C=O) groups is 1. The van der Waals surface area contributed by atoms with Gasteiger partial charge in [-0.1, -0.05) is 12.1 Å². The normalized spacial score (nSPS) is 14.7. The molecule has 0 radical (unpaired) electrons. The van der Waals surface area contributed by atoms with E-state index >= 15 is 0 Å². The maximum Gasteiger partial charge on any atom is 0.203 e. The maximum atomic E-state index is 12.4. The molecule has 0 fully saturated rings. The summed E-state index contributed by atoms with van der Waals surface area (Å²) in [5.41, 5.74) is 0.235. The van der Waals surface area contributed by atoms with Crippen molar-refractivity contribution in [3.05, 3.63) is 76.3 Å². The average molecular weight is 296 g/mol. The van der Waals surface area contributed by atoms with Gasteiger partial charge >= 0.3 is 0 Å². The minimum Gasteiger partial charge on any atom is -0.754 e. The second-order valence-electron chi connectivity index (χ2n) is 4.72. The zero-order valence-electron chi connectivity index (χ0n) is 11.7. The van der Waals surface area contributed by atoms with Crippen LogP contribution < -0.4 is 10.1 Å². The molecule has 112 valence electrons. The Morgan fingerprint density at radius 3 is 2.41 bits per heavy atom. The molecule has 0 aliphatic carbocycles. The van der Waals surface area contributed by atoms with Crippen LogP contribution in [-0.4, -0.2) is 5.78 Å². The largest absolute Gasteiger partial charge is 0.754 e. The summed E-state index contributed by atoms with van der Waals surface area (Å²) in [5, 5.41) is 25.7. The van der Waals surface area contributed by atoms with Gasteiger partial charge in [-0.2, -0.15) is 0 Å². The molecule has 0 saturated heterocycles. The van der Waals surface area contributed by atoms with Crippen LogP contribution in [0.2, 0.25) is 0 Å². The van der Waals surface area contributed by atoms with Gasteiger partial charge in [0.15, 0.2) is 0 Å². The van der Waals surface area contributed by atoms with Crippen molar-refractivity contribution in [2.75, 3.05) is 10.1 Å². The van der Waals surface area contributed by atoms with E-state index in [0.717, 1.165) is 0 Å². The molecule has 22 heavy (non-hydrogen) atoms. The third-order valence-electron chi connectivity index (χ3n) is 3.35. The molecular weight excluding hydrogens is 284 g/mol. The average Bonchev–Trinajstić information content (AvgIpc) is 3.04. The summed E-state index contributed by atoms with van der Waals surface area (Å²) < 4.78 is 5.08. The van der Waals surface area contributed by atoms with Crippen LogP contribution in [0.5, 0.6) is 0 Å². The first-order chi connectivity index (χ1) is 10.6. The van der Waals surface area contributed by atoms with Crippen LogP contribution >= 0.6 is 0 Å². The van der Waals surface area contributed by atoms with E-state index in [0.29, 0.717) is 15.9 Å². The number of hydrogen-bond donors (Lipinski definition) is 0. The Labute approximate surface area is 126 Å². The van der Waals surface area contributed by atoms with Gasteiger partial charge in [0, 0.05) is 5.70 Å². The molecule has 0 amide bonds. The summed E-state index contributed by atoms with van der Waals surface area (Å²) in [6.45, 7) is 1.45. The number of fused-ring (bicyclic) bond motifs is 1. The summed E-state index contributed by atoms with van der Waals surface area (Å²) >= 11 is 0. The molecule has 2 aromatic rings. The van der Waals surface area contributed by atoms with Crippen LogP contribution in [0.4, 0.5) is 11.4 Å². The van der Waals surface area contributed by atoms with Gasteiger partial charge in [-0.15, -0.1) is 0 Å². The monoisotopic (exact) mass is 296 g/mol. The number of benzene rings is 1. The Kier molecular flexibility index (Phi) is 3.54. The standard InChI is InChI=1S/C16H12N2O4/c1-11-16(15(19)9-8-12-5-4-10-22-12)18(21)14-7-3-2-6-13(14)17(11)20/h2-10H,1H3/q-2/b9-8+. The fourth-order valence-corrected chi connectivity index (χ4v) is 2.25. The fraction of sp³-hybridized carbons (Fsp3) is 0.0625. The lowest BCUT2D eigenvalue weighted by Gasteiger charge is -2.46. The van der Waals surface area contributed by atoms with E-state index in [1.807, 2.05) is 0 Å². The molecule has 0 N–H and O–H groups in total. The van der Waals surface area contributed by atoms with Crippen LogP contribution in [-0.2, 0) is 4.79 Å². The quantitative estimate of drug-likeness (QED) is 0.807. The molecule has 0 spiro atoms. The molecule has 0 unspecified atom stereocenters. The van der Waals surface area contributed by atoms with Gasteiger partial charge in [0.1, 0.15) is 5.76 Å². The molecule has 3 rings (SSSR count). The molecule has 6 nitrogen and oxygen atoms in total. The number of ketones is 1. The summed E-state index contributed by atoms with van der Waals surface area (Å²) in [6, 6.07) is 9.70. The van der Waals surface area contributed by atoms with Gasteiger partial charge in [-0.05, 0) is 43.3 Å². The number of hydroxylamine groups is 2. The number of carbonyl (C=O) groups excluding carboxylic acids is 1. The molecule has 0 atom stereocenters. The third kappa shape index (κ3) is 2.30. The smallest absolute Gasteiger partial charge is 0.203 e. The van der Waals surface area contributed by atoms with Crippen molar-refractivity contribution in [1.29, 1.82) is 0 Å².